The van der Waals surface area contributed by atoms with Crippen molar-refractivity contribution in [3.8, 4) is 17.2 Å². The average molecular weight is 511 g/mol. The Labute approximate surface area is 220 Å². The van der Waals surface area contributed by atoms with Gasteiger partial charge in [-0.05, 0) is 54.1 Å². The van der Waals surface area contributed by atoms with E-state index in [1.54, 1.807) is 49.6 Å². The van der Waals surface area contributed by atoms with Crippen molar-refractivity contribution in [3.05, 3.63) is 83.9 Å². The molecule has 3 aliphatic rings. The number of ether oxygens (including phenoxy) is 3. The summed E-state index contributed by atoms with van der Waals surface area (Å²) in [4.78, 5) is 45.3. The fourth-order valence-corrected chi connectivity index (χ4v) is 5.96. The molecule has 2 amide bonds. The van der Waals surface area contributed by atoms with Crippen molar-refractivity contribution in [2.24, 2.45) is 11.8 Å². The molecule has 3 aromatic carbocycles. The van der Waals surface area contributed by atoms with E-state index in [0.29, 0.717) is 28.5 Å². The zero-order chi connectivity index (χ0) is 26.6. The Morgan fingerprint density at radius 3 is 2.21 bits per heavy atom. The third-order valence-electron chi connectivity index (χ3n) is 7.68. The predicted molar refractivity (Wildman–Crippen MR) is 142 cm³/mol. The SMILES string of the molecule is COc1ccc(N2C(=O)[C@@H]3[C@H](C2=O)[C@H](C(=O)c2ccc(OC)c(OC)c2)N2c4ccccc4C=C[C@H]32)cc1. The molecule has 4 atom stereocenters. The smallest absolute Gasteiger partial charge is 0.240 e. The number of imide groups is 1. The molecule has 3 aliphatic heterocycles. The van der Waals surface area contributed by atoms with Gasteiger partial charge in [-0.15, -0.1) is 0 Å². The van der Waals surface area contributed by atoms with Crippen molar-refractivity contribution >= 4 is 35.0 Å². The maximum absolute atomic E-state index is 14.2. The Bertz CT molecular complexity index is 1480. The second kappa shape index (κ2) is 9.06. The van der Waals surface area contributed by atoms with Crippen LogP contribution in [0.2, 0.25) is 0 Å². The minimum absolute atomic E-state index is 0.258. The minimum atomic E-state index is -0.881. The normalized spacial score (nSPS) is 23.1. The van der Waals surface area contributed by atoms with Gasteiger partial charge in [0.05, 0.1) is 44.9 Å². The molecule has 192 valence electrons. The van der Waals surface area contributed by atoms with Gasteiger partial charge in [0.15, 0.2) is 17.3 Å². The van der Waals surface area contributed by atoms with Gasteiger partial charge in [-0.25, -0.2) is 4.90 Å². The van der Waals surface area contributed by atoms with Crippen LogP contribution in [0, 0.1) is 11.8 Å². The fraction of sp³-hybridized carbons (Fsp3) is 0.233. The molecule has 3 heterocycles. The monoisotopic (exact) mass is 510 g/mol. The van der Waals surface area contributed by atoms with Crippen LogP contribution >= 0.6 is 0 Å². The van der Waals surface area contributed by atoms with Crippen molar-refractivity contribution < 1.29 is 28.6 Å². The van der Waals surface area contributed by atoms with Crippen LogP contribution in [-0.4, -0.2) is 51.0 Å². The van der Waals surface area contributed by atoms with Crippen LogP contribution in [0.25, 0.3) is 6.08 Å². The predicted octanol–water partition coefficient (Wildman–Crippen LogP) is 3.99. The highest BCUT2D eigenvalue weighted by Gasteiger charge is 2.64. The number of carbonyl (C=O) groups excluding carboxylic acids is 3. The van der Waals surface area contributed by atoms with E-state index in [0.717, 1.165) is 11.3 Å². The summed E-state index contributed by atoms with van der Waals surface area (Å²) in [5.41, 5.74) is 2.59. The molecular weight excluding hydrogens is 484 g/mol. The Kier molecular flexibility index (Phi) is 5.67. The van der Waals surface area contributed by atoms with E-state index >= 15 is 0 Å². The highest BCUT2D eigenvalue weighted by Crippen LogP contribution is 2.50. The molecule has 2 saturated heterocycles. The number of hydrogen-bond acceptors (Lipinski definition) is 7. The first kappa shape index (κ1) is 23.8. The number of benzene rings is 3. The largest absolute Gasteiger partial charge is 0.497 e. The lowest BCUT2D eigenvalue weighted by Crippen LogP contribution is -2.48. The van der Waals surface area contributed by atoms with Crippen molar-refractivity contribution in [2.45, 2.75) is 12.1 Å². The second-order valence-corrected chi connectivity index (χ2v) is 9.46. The molecule has 0 spiro atoms. The van der Waals surface area contributed by atoms with Gasteiger partial charge in [-0.2, -0.15) is 0 Å². The molecule has 8 heteroatoms. The van der Waals surface area contributed by atoms with Crippen LogP contribution in [-0.2, 0) is 9.59 Å². The first-order valence-electron chi connectivity index (χ1n) is 12.3. The second-order valence-electron chi connectivity index (χ2n) is 9.46. The summed E-state index contributed by atoms with van der Waals surface area (Å²) in [6, 6.07) is 18.1. The number of nitrogens with zero attached hydrogens (tertiary/aromatic N) is 2. The Balaban J connectivity index is 1.47. The number of anilines is 2. The minimum Gasteiger partial charge on any atom is -0.497 e. The molecule has 6 rings (SSSR count). The van der Waals surface area contributed by atoms with Gasteiger partial charge in [0.1, 0.15) is 11.8 Å². The van der Waals surface area contributed by atoms with E-state index in [4.69, 9.17) is 14.2 Å². The zero-order valence-corrected chi connectivity index (χ0v) is 21.2. The lowest BCUT2D eigenvalue weighted by atomic mass is 9.86. The first-order chi connectivity index (χ1) is 18.5. The number of rotatable bonds is 6. The van der Waals surface area contributed by atoms with E-state index in [2.05, 4.69) is 0 Å². The number of carbonyl (C=O) groups is 3. The number of Topliss-reactive ketones (excluding diaryl/α,β-unsaturated/α-hetero) is 1. The van der Waals surface area contributed by atoms with Crippen molar-refractivity contribution in [2.75, 3.05) is 31.1 Å². The van der Waals surface area contributed by atoms with Crippen LogP contribution < -0.4 is 24.0 Å². The molecule has 0 radical (unpaired) electrons. The third-order valence-corrected chi connectivity index (χ3v) is 7.68. The summed E-state index contributed by atoms with van der Waals surface area (Å²) < 4.78 is 16.0. The van der Waals surface area contributed by atoms with E-state index < -0.39 is 23.9 Å². The maximum Gasteiger partial charge on any atom is 0.240 e. The zero-order valence-electron chi connectivity index (χ0n) is 21.2. The van der Waals surface area contributed by atoms with Crippen molar-refractivity contribution in [1.29, 1.82) is 0 Å². The van der Waals surface area contributed by atoms with E-state index in [1.165, 1.54) is 19.1 Å². The summed E-state index contributed by atoms with van der Waals surface area (Å²) >= 11 is 0. The summed E-state index contributed by atoms with van der Waals surface area (Å²) in [5.74, 6) is -0.989. The molecule has 2 fully saturated rings. The highest BCUT2D eigenvalue weighted by molar-refractivity contribution is 6.25. The molecule has 8 nitrogen and oxygen atoms in total. The van der Waals surface area contributed by atoms with Crippen LogP contribution in [0.5, 0.6) is 17.2 Å². The Morgan fingerprint density at radius 2 is 1.50 bits per heavy atom. The summed E-state index contributed by atoms with van der Waals surface area (Å²) in [5, 5.41) is 0. The van der Waals surface area contributed by atoms with Gasteiger partial charge < -0.3 is 19.1 Å². The molecule has 3 aromatic rings. The molecule has 0 unspecified atom stereocenters. The molecule has 0 aromatic heterocycles. The van der Waals surface area contributed by atoms with Crippen LogP contribution in [0.15, 0.2) is 72.8 Å². The quantitative estimate of drug-likeness (QED) is 0.366. The van der Waals surface area contributed by atoms with Crippen LogP contribution in [0.4, 0.5) is 11.4 Å². The average Bonchev–Trinajstić information content (AvgIpc) is 3.44. The Hall–Kier alpha value is -4.59. The van der Waals surface area contributed by atoms with Gasteiger partial charge in [0.2, 0.25) is 11.8 Å². The molecule has 0 bridgehead atoms. The molecule has 0 saturated carbocycles. The number of amides is 2. The van der Waals surface area contributed by atoms with Crippen LogP contribution in [0.3, 0.4) is 0 Å². The van der Waals surface area contributed by atoms with Gasteiger partial charge in [-0.3, -0.25) is 14.4 Å². The fourth-order valence-electron chi connectivity index (χ4n) is 5.96. The van der Waals surface area contributed by atoms with E-state index in [9.17, 15) is 14.4 Å². The number of para-hydroxylation sites is 1. The number of hydrogen-bond donors (Lipinski definition) is 0. The van der Waals surface area contributed by atoms with E-state index in [1.807, 2.05) is 41.3 Å². The van der Waals surface area contributed by atoms with Crippen molar-refractivity contribution in [3.63, 3.8) is 0 Å². The Morgan fingerprint density at radius 1 is 0.789 bits per heavy atom. The molecule has 0 N–H and O–H groups in total. The van der Waals surface area contributed by atoms with Crippen LogP contribution in [0.1, 0.15) is 15.9 Å². The maximum atomic E-state index is 14.2. The van der Waals surface area contributed by atoms with Gasteiger partial charge in [-0.1, -0.05) is 30.4 Å². The summed E-state index contributed by atoms with van der Waals surface area (Å²) in [6.07, 6.45) is 3.90. The standard InChI is InChI=1S/C30H26N2O6/c1-36-20-12-10-19(11-13-20)31-29(34)25-22-14-8-17-6-4-5-7-21(17)32(22)27(26(25)30(31)35)28(33)18-9-15-23(37-2)24(16-18)38-3/h4-16,22,25-27H,1-3H3/t22-,25+,26+,27-/m1/s1. The van der Waals surface area contributed by atoms with Gasteiger partial charge in [0.25, 0.3) is 0 Å². The number of fused-ring (bicyclic) bond motifs is 5. The summed E-state index contributed by atoms with van der Waals surface area (Å²) in [7, 11) is 4.59. The lowest BCUT2D eigenvalue weighted by Gasteiger charge is -2.36. The molecule has 38 heavy (non-hydrogen) atoms. The van der Waals surface area contributed by atoms with E-state index in [-0.39, 0.29) is 17.6 Å². The first-order valence-corrected chi connectivity index (χ1v) is 12.3. The summed E-state index contributed by atoms with van der Waals surface area (Å²) in [6.45, 7) is 0. The number of ketones is 1. The molecular formula is C30H26N2O6. The number of methoxy groups -OCH3 is 3. The van der Waals surface area contributed by atoms with Gasteiger partial charge in [0, 0.05) is 11.3 Å². The topological polar surface area (TPSA) is 85.4 Å². The molecule has 0 aliphatic carbocycles. The lowest BCUT2D eigenvalue weighted by molar-refractivity contribution is -0.122. The van der Waals surface area contributed by atoms with Gasteiger partial charge >= 0.3 is 0 Å². The van der Waals surface area contributed by atoms with Crippen molar-refractivity contribution in [1.82, 2.24) is 0 Å². The third kappa shape index (κ3) is 3.40. The highest BCUT2D eigenvalue weighted by atomic mass is 16.5.